The molecule has 0 amide bonds. The minimum absolute atomic E-state index is 0.251. The Balaban J connectivity index is 1.10. The Morgan fingerprint density at radius 1 is 0.800 bits per heavy atom. The van der Waals surface area contributed by atoms with Crippen molar-refractivity contribution < 1.29 is 14.2 Å². The maximum atomic E-state index is 6.54. The highest BCUT2D eigenvalue weighted by molar-refractivity contribution is 6.31. The molecule has 0 bridgehead atoms. The molecule has 6 rings (SSSR count). The molecule has 0 radical (unpaired) electrons. The third kappa shape index (κ3) is 5.03. The Kier molecular flexibility index (Phi) is 6.37. The van der Waals surface area contributed by atoms with Gasteiger partial charge in [-0.2, -0.15) is 0 Å². The van der Waals surface area contributed by atoms with Crippen LogP contribution in [0.25, 0.3) is 0 Å². The summed E-state index contributed by atoms with van der Waals surface area (Å²) in [6.07, 6.45) is 1.86. The van der Waals surface area contributed by atoms with Gasteiger partial charge in [0, 0.05) is 75.2 Å². The molecule has 3 aliphatic rings. The third-order valence-electron chi connectivity index (χ3n) is 6.87. The molecular formula is C27H29ClN4O3. The summed E-state index contributed by atoms with van der Waals surface area (Å²) < 4.78 is 17.1. The molecule has 35 heavy (non-hydrogen) atoms. The molecule has 0 saturated carbocycles. The zero-order chi connectivity index (χ0) is 23.6. The quantitative estimate of drug-likeness (QED) is 0.529. The van der Waals surface area contributed by atoms with E-state index in [0.717, 1.165) is 75.2 Å². The number of fused-ring (bicyclic) bond motifs is 2. The van der Waals surface area contributed by atoms with Crippen LogP contribution in [0.3, 0.4) is 0 Å². The van der Waals surface area contributed by atoms with Gasteiger partial charge < -0.3 is 19.1 Å². The molecule has 1 fully saturated rings. The van der Waals surface area contributed by atoms with Crippen molar-refractivity contribution >= 4 is 17.4 Å². The Morgan fingerprint density at radius 2 is 1.66 bits per heavy atom. The summed E-state index contributed by atoms with van der Waals surface area (Å²) in [7, 11) is 0. The lowest BCUT2D eigenvalue weighted by Gasteiger charge is -2.35. The van der Waals surface area contributed by atoms with E-state index < -0.39 is 0 Å². The average Bonchev–Trinajstić information content (AvgIpc) is 3.23. The third-order valence-corrected chi connectivity index (χ3v) is 7.22. The van der Waals surface area contributed by atoms with Gasteiger partial charge in [0.15, 0.2) is 11.5 Å². The first-order chi connectivity index (χ1) is 17.2. The fraction of sp³-hybridized carbons (Fsp3) is 0.370. The molecule has 1 saturated heterocycles. The second-order valence-electron chi connectivity index (χ2n) is 9.25. The van der Waals surface area contributed by atoms with E-state index in [4.69, 9.17) is 25.8 Å². The molecule has 3 aromatic rings. The Bertz CT molecular complexity index is 1180. The standard InChI is InChI=1S/C27H29ClN4O3/c28-23-15-26-25(34-19-35-26)14-21(23)17-31-11-12-33-24-5-4-20(13-22(24)18-31)16-30-7-9-32(10-8-30)27-3-1-2-6-29-27/h1-6,13-15H,7-12,16-19H2. The van der Waals surface area contributed by atoms with Gasteiger partial charge in [0.05, 0.1) is 0 Å². The Hall–Kier alpha value is -3.00. The van der Waals surface area contributed by atoms with Crippen molar-refractivity contribution in [2.45, 2.75) is 19.6 Å². The minimum Gasteiger partial charge on any atom is -0.492 e. The number of rotatable bonds is 5. The SMILES string of the molecule is Clc1cc2c(cc1CN1CCOc3ccc(CN4CCN(c5ccccn5)CC4)cc3C1)OCO2. The van der Waals surface area contributed by atoms with Crippen LogP contribution in [0.15, 0.2) is 54.7 Å². The summed E-state index contributed by atoms with van der Waals surface area (Å²) in [4.78, 5) is 11.8. The topological polar surface area (TPSA) is 50.3 Å². The molecule has 2 aromatic carbocycles. The first-order valence-electron chi connectivity index (χ1n) is 12.1. The molecule has 4 heterocycles. The van der Waals surface area contributed by atoms with Crippen LogP contribution in [0.4, 0.5) is 5.82 Å². The summed E-state index contributed by atoms with van der Waals surface area (Å²) in [5.41, 5.74) is 3.59. The highest BCUT2D eigenvalue weighted by Gasteiger charge is 2.22. The minimum atomic E-state index is 0.251. The lowest BCUT2D eigenvalue weighted by molar-refractivity contribution is 0.174. The van der Waals surface area contributed by atoms with Crippen molar-refractivity contribution in [3.8, 4) is 17.2 Å². The number of anilines is 1. The van der Waals surface area contributed by atoms with Crippen LogP contribution in [0.1, 0.15) is 16.7 Å². The van der Waals surface area contributed by atoms with Crippen molar-refractivity contribution in [1.82, 2.24) is 14.8 Å². The van der Waals surface area contributed by atoms with Gasteiger partial charge in [-0.1, -0.05) is 23.7 Å². The van der Waals surface area contributed by atoms with E-state index in [2.05, 4.69) is 50.0 Å². The summed E-state index contributed by atoms with van der Waals surface area (Å²) in [6, 6.07) is 16.6. The number of pyridine rings is 1. The van der Waals surface area contributed by atoms with Crippen molar-refractivity contribution in [3.05, 3.63) is 76.4 Å². The van der Waals surface area contributed by atoms with Crippen molar-refractivity contribution in [1.29, 1.82) is 0 Å². The molecule has 7 nitrogen and oxygen atoms in total. The first-order valence-corrected chi connectivity index (χ1v) is 12.5. The smallest absolute Gasteiger partial charge is 0.231 e. The predicted molar refractivity (Wildman–Crippen MR) is 135 cm³/mol. The zero-order valence-corrected chi connectivity index (χ0v) is 20.4. The van der Waals surface area contributed by atoms with Crippen LogP contribution >= 0.6 is 11.6 Å². The van der Waals surface area contributed by atoms with E-state index in [0.29, 0.717) is 17.4 Å². The number of ether oxygens (including phenoxy) is 3. The molecule has 0 spiro atoms. The van der Waals surface area contributed by atoms with Gasteiger partial charge in [-0.25, -0.2) is 4.98 Å². The highest BCUT2D eigenvalue weighted by atomic mass is 35.5. The normalized spacial score (nSPS) is 18.1. The maximum Gasteiger partial charge on any atom is 0.231 e. The van der Waals surface area contributed by atoms with E-state index in [9.17, 15) is 0 Å². The number of piperazine rings is 1. The van der Waals surface area contributed by atoms with Crippen molar-refractivity contribution in [3.63, 3.8) is 0 Å². The molecule has 3 aliphatic heterocycles. The second-order valence-corrected chi connectivity index (χ2v) is 9.66. The largest absolute Gasteiger partial charge is 0.492 e. The number of hydrogen-bond donors (Lipinski definition) is 0. The van der Waals surface area contributed by atoms with Gasteiger partial charge >= 0.3 is 0 Å². The predicted octanol–water partition coefficient (Wildman–Crippen LogP) is 4.18. The summed E-state index contributed by atoms with van der Waals surface area (Å²) in [6.45, 7) is 8.29. The molecule has 8 heteroatoms. The van der Waals surface area contributed by atoms with Crippen molar-refractivity contribution in [2.24, 2.45) is 0 Å². The molecule has 182 valence electrons. The van der Waals surface area contributed by atoms with Crippen LogP contribution in [0, 0.1) is 0 Å². The maximum absolute atomic E-state index is 6.54. The van der Waals surface area contributed by atoms with Gasteiger partial charge in [0.25, 0.3) is 0 Å². The Morgan fingerprint density at radius 3 is 2.49 bits per heavy atom. The van der Waals surface area contributed by atoms with E-state index >= 15 is 0 Å². The second kappa shape index (κ2) is 9.93. The summed E-state index contributed by atoms with van der Waals surface area (Å²) in [5.74, 6) is 3.53. The number of aromatic nitrogens is 1. The van der Waals surface area contributed by atoms with E-state index in [-0.39, 0.29) is 6.79 Å². The molecule has 0 unspecified atom stereocenters. The Labute approximate surface area is 210 Å². The molecule has 0 aliphatic carbocycles. The van der Waals surface area contributed by atoms with Gasteiger partial charge in [0.2, 0.25) is 6.79 Å². The fourth-order valence-corrected chi connectivity index (χ4v) is 5.20. The lowest BCUT2D eigenvalue weighted by Crippen LogP contribution is -2.46. The average molecular weight is 493 g/mol. The van der Waals surface area contributed by atoms with Gasteiger partial charge in [-0.15, -0.1) is 0 Å². The van der Waals surface area contributed by atoms with Crippen LogP contribution in [0.5, 0.6) is 17.2 Å². The van der Waals surface area contributed by atoms with Crippen LogP contribution < -0.4 is 19.1 Å². The van der Waals surface area contributed by atoms with E-state index in [1.807, 2.05) is 24.4 Å². The van der Waals surface area contributed by atoms with Crippen LogP contribution in [-0.4, -0.2) is 60.9 Å². The van der Waals surface area contributed by atoms with Crippen LogP contribution in [0.2, 0.25) is 5.02 Å². The molecule has 1 aromatic heterocycles. The van der Waals surface area contributed by atoms with Gasteiger partial charge in [-0.3, -0.25) is 9.80 Å². The number of nitrogens with zero attached hydrogens (tertiary/aromatic N) is 4. The number of halogens is 1. The first kappa shape index (κ1) is 22.5. The molecule has 0 N–H and O–H groups in total. The van der Waals surface area contributed by atoms with Gasteiger partial charge in [0.1, 0.15) is 18.2 Å². The molecular weight excluding hydrogens is 464 g/mol. The summed E-state index contributed by atoms with van der Waals surface area (Å²) in [5, 5.41) is 0.707. The molecule has 0 atom stereocenters. The lowest BCUT2D eigenvalue weighted by atomic mass is 10.1. The fourth-order valence-electron chi connectivity index (χ4n) is 4.99. The zero-order valence-electron chi connectivity index (χ0n) is 19.7. The van der Waals surface area contributed by atoms with Crippen molar-refractivity contribution in [2.75, 3.05) is 51.0 Å². The summed E-state index contributed by atoms with van der Waals surface area (Å²) >= 11 is 6.54. The number of hydrogen-bond acceptors (Lipinski definition) is 7. The van der Waals surface area contributed by atoms with E-state index in [1.54, 1.807) is 0 Å². The number of benzene rings is 2. The van der Waals surface area contributed by atoms with Gasteiger partial charge in [-0.05, 0) is 41.5 Å². The highest BCUT2D eigenvalue weighted by Crippen LogP contribution is 2.37. The van der Waals surface area contributed by atoms with Crippen LogP contribution in [-0.2, 0) is 19.6 Å². The monoisotopic (exact) mass is 492 g/mol. The van der Waals surface area contributed by atoms with E-state index in [1.165, 1.54) is 11.1 Å².